The summed E-state index contributed by atoms with van der Waals surface area (Å²) >= 11 is 0. The van der Waals surface area contributed by atoms with Crippen LogP contribution in [0.15, 0.2) is 36.4 Å². The number of hydrogen-bond acceptors (Lipinski definition) is 2. The van der Waals surface area contributed by atoms with Crippen molar-refractivity contribution in [2.24, 2.45) is 0 Å². The van der Waals surface area contributed by atoms with Crippen molar-refractivity contribution in [1.29, 1.82) is 0 Å². The first-order chi connectivity index (χ1) is 10.9. The van der Waals surface area contributed by atoms with E-state index >= 15 is 0 Å². The molecule has 4 aromatic rings. The lowest BCUT2D eigenvalue weighted by molar-refractivity contribution is 0.554. The predicted molar refractivity (Wildman–Crippen MR) is 94.6 cm³/mol. The van der Waals surface area contributed by atoms with Crippen molar-refractivity contribution in [2.45, 2.75) is 33.1 Å². The largest absolute Gasteiger partial charge is 0.342 e. The van der Waals surface area contributed by atoms with Gasteiger partial charge < -0.3 is 9.97 Å². The van der Waals surface area contributed by atoms with Crippen molar-refractivity contribution in [3.63, 3.8) is 0 Å². The van der Waals surface area contributed by atoms with Crippen molar-refractivity contribution >= 4 is 22.1 Å². The van der Waals surface area contributed by atoms with Gasteiger partial charge in [-0.1, -0.05) is 32.9 Å². The Hall–Kier alpha value is -2.62. The molecule has 0 bridgehead atoms. The lowest BCUT2D eigenvalue weighted by Crippen LogP contribution is -2.12. The fourth-order valence-electron chi connectivity index (χ4n) is 2.86. The normalized spacial score (nSPS) is 12.3. The van der Waals surface area contributed by atoms with Crippen molar-refractivity contribution in [3.8, 4) is 11.1 Å². The van der Waals surface area contributed by atoms with Crippen LogP contribution in [0.4, 0.5) is 0 Å². The Bertz CT molecular complexity index is 1010. The number of imidazole rings is 2. The maximum Gasteiger partial charge on any atom is 0.112 e. The zero-order valence-electron chi connectivity index (χ0n) is 13.9. The predicted octanol–water partition coefficient (Wildman–Crippen LogP) is 4.71. The Morgan fingerprint density at radius 2 is 1.35 bits per heavy atom. The molecule has 0 unspecified atom stereocenters. The van der Waals surface area contributed by atoms with Crippen molar-refractivity contribution in [3.05, 3.63) is 48.0 Å². The molecule has 4 nitrogen and oxygen atoms in total. The number of aromatic amines is 2. The molecule has 0 atom stereocenters. The molecule has 0 spiro atoms. The summed E-state index contributed by atoms with van der Waals surface area (Å²) in [6.07, 6.45) is 0. The minimum absolute atomic E-state index is 0.0194. The molecule has 0 fully saturated rings. The Morgan fingerprint density at radius 3 is 1.96 bits per heavy atom. The number of benzene rings is 2. The Labute approximate surface area is 135 Å². The summed E-state index contributed by atoms with van der Waals surface area (Å²) in [5.41, 5.74) is 6.53. The minimum atomic E-state index is 0.0194. The molecule has 4 heteroatoms. The average molecular weight is 304 g/mol. The minimum Gasteiger partial charge on any atom is -0.342 e. The monoisotopic (exact) mass is 304 g/mol. The van der Waals surface area contributed by atoms with E-state index < -0.39 is 0 Å². The lowest BCUT2D eigenvalue weighted by Gasteiger charge is -2.13. The summed E-state index contributed by atoms with van der Waals surface area (Å²) in [5.74, 6) is 1.96. The smallest absolute Gasteiger partial charge is 0.112 e. The summed E-state index contributed by atoms with van der Waals surface area (Å²) in [6, 6.07) is 12.7. The fourth-order valence-corrected chi connectivity index (χ4v) is 2.86. The highest BCUT2D eigenvalue weighted by atomic mass is 14.9. The van der Waals surface area contributed by atoms with Crippen LogP contribution in [0.5, 0.6) is 0 Å². The highest BCUT2D eigenvalue weighted by Gasteiger charge is 2.18. The van der Waals surface area contributed by atoms with Gasteiger partial charge in [0.05, 0.1) is 22.1 Å². The molecule has 0 saturated carbocycles. The molecular formula is C19H20N4. The van der Waals surface area contributed by atoms with E-state index in [1.165, 1.54) is 11.1 Å². The first-order valence-corrected chi connectivity index (χ1v) is 7.87. The molecule has 0 radical (unpaired) electrons. The van der Waals surface area contributed by atoms with Gasteiger partial charge in [0, 0.05) is 5.41 Å². The van der Waals surface area contributed by atoms with Gasteiger partial charge in [-0.3, -0.25) is 0 Å². The molecule has 0 aliphatic carbocycles. The molecule has 4 rings (SSSR count). The third kappa shape index (κ3) is 2.40. The van der Waals surface area contributed by atoms with Crippen LogP contribution in [0.2, 0.25) is 0 Å². The number of nitrogens with zero attached hydrogens (tertiary/aromatic N) is 2. The first-order valence-electron chi connectivity index (χ1n) is 7.87. The van der Waals surface area contributed by atoms with Gasteiger partial charge in [-0.15, -0.1) is 0 Å². The van der Waals surface area contributed by atoms with Gasteiger partial charge in [0.25, 0.3) is 0 Å². The summed E-state index contributed by atoms with van der Waals surface area (Å²) in [6.45, 7) is 8.48. The number of fused-ring (bicyclic) bond motifs is 2. The number of hydrogen-bond donors (Lipinski definition) is 2. The topological polar surface area (TPSA) is 57.4 Å². The van der Waals surface area contributed by atoms with Crippen molar-refractivity contribution in [2.75, 3.05) is 0 Å². The maximum atomic E-state index is 4.70. The summed E-state index contributed by atoms with van der Waals surface area (Å²) < 4.78 is 0. The van der Waals surface area contributed by atoms with Crippen LogP contribution in [0.3, 0.4) is 0 Å². The molecule has 0 aliphatic heterocycles. The van der Waals surface area contributed by atoms with Crippen LogP contribution in [0.25, 0.3) is 33.2 Å². The number of nitrogens with one attached hydrogen (secondary N) is 2. The van der Waals surface area contributed by atoms with Gasteiger partial charge in [0.2, 0.25) is 0 Å². The summed E-state index contributed by atoms with van der Waals surface area (Å²) in [7, 11) is 0. The van der Waals surface area contributed by atoms with Crippen LogP contribution in [0.1, 0.15) is 32.4 Å². The van der Waals surface area contributed by atoms with Gasteiger partial charge in [0.15, 0.2) is 0 Å². The highest BCUT2D eigenvalue weighted by molar-refractivity contribution is 5.86. The number of aryl methyl sites for hydroxylation is 1. The zero-order valence-corrected chi connectivity index (χ0v) is 13.9. The lowest BCUT2D eigenvalue weighted by atomic mass is 9.96. The van der Waals surface area contributed by atoms with E-state index in [0.29, 0.717) is 0 Å². The number of aromatic nitrogens is 4. The van der Waals surface area contributed by atoms with Gasteiger partial charge in [-0.25, -0.2) is 9.97 Å². The van der Waals surface area contributed by atoms with Crippen LogP contribution < -0.4 is 0 Å². The van der Waals surface area contributed by atoms with Crippen LogP contribution >= 0.6 is 0 Å². The SMILES string of the molecule is Cc1nc2ccc(-c3ccc4nc(C(C)(C)C)[nH]c4c3)cc2[nH]1. The van der Waals surface area contributed by atoms with Gasteiger partial charge in [-0.05, 0) is 42.3 Å². The second-order valence-corrected chi connectivity index (χ2v) is 7.12. The van der Waals surface area contributed by atoms with Gasteiger partial charge >= 0.3 is 0 Å². The van der Waals surface area contributed by atoms with Crippen molar-refractivity contribution in [1.82, 2.24) is 19.9 Å². The Morgan fingerprint density at radius 1 is 0.783 bits per heavy atom. The molecule has 0 aliphatic rings. The Balaban J connectivity index is 1.83. The van der Waals surface area contributed by atoms with E-state index in [2.05, 4.69) is 72.1 Å². The summed E-state index contributed by atoms with van der Waals surface area (Å²) in [5, 5.41) is 0. The molecule has 0 saturated heterocycles. The van der Waals surface area contributed by atoms with E-state index in [1.807, 2.05) is 6.92 Å². The van der Waals surface area contributed by atoms with Crippen molar-refractivity contribution < 1.29 is 0 Å². The quantitative estimate of drug-likeness (QED) is 0.535. The molecule has 23 heavy (non-hydrogen) atoms. The molecule has 2 N–H and O–H groups in total. The second kappa shape index (κ2) is 4.69. The fraction of sp³-hybridized carbons (Fsp3) is 0.263. The molecule has 116 valence electrons. The third-order valence-corrected chi connectivity index (χ3v) is 4.13. The first kappa shape index (κ1) is 14.0. The third-order valence-electron chi connectivity index (χ3n) is 4.13. The summed E-state index contributed by atoms with van der Waals surface area (Å²) in [4.78, 5) is 15.9. The van der Waals surface area contributed by atoms with E-state index in [0.717, 1.165) is 33.7 Å². The van der Waals surface area contributed by atoms with Crippen LogP contribution in [0, 0.1) is 6.92 Å². The van der Waals surface area contributed by atoms with Crippen LogP contribution in [-0.4, -0.2) is 19.9 Å². The van der Waals surface area contributed by atoms with E-state index in [4.69, 9.17) is 4.98 Å². The second-order valence-electron chi connectivity index (χ2n) is 7.12. The standard InChI is InChI=1S/C19H20N4/c1-11-20-14-7-5-12(9-16(14)21-11)13-6-8-15-17(10-13)23-18(22-15)19(2,3)4/h5-10H,1-4H3,(H,20,21)(H,22,23). The molecular weight excluding hydrogens is 284 g/mol. The zero-order chi connectivity index (χ0) is 16.2. The van der Waals surface area contributed by atoms with Gasteiger partial charge in [0.1, 0.15) is 11.6 Å². The van der Waals surface area contributed by atoms with E-state index in [9.17, 15) is 0 Å². The van der Waals surface area contributed by atoms with Crippen LogP contribution in [-0.2, 0) is 5.41 Å². The molecule has 2 heterocycles. The molecule has 2 aromatic carbocycles. The highest BCUT2D eigenvalue weighted by Crippen LogP contribution is 2.28. The number of rotatable bonds is 1. The Kier molecular flexibility index (Phi) is 2.85. The van der Waals surface area contributed by atoms with E-state index in [-0.39, 0.29) is 5.41 Å². The number of H-pyrrole nitrogens is 2. The molecule has 2 aromatic heterocycles. The average Bonchev–Trinajstić information content (AvgIpc) is 3.06. The van der Waals surface area contributed by atoms with Gasteiger partial charge in [-0.2, -0.15) is 0 Å². The van der Waals surface area contributed by atoms with E-state index in [1.54, 1.807) is 0 Å². The molecule has 0 amide bonds. The maximum absolute atomic E-state index is 4.70.